The fourth-order valence-corrected chi connectivity index (χ4v) is 10.1. The standard InChI is InChI=1S/C56H56N4O2/c1-10-39-42-17-14-15-19-51(42)62-54(39)52-34(2)59(48-29-24-38(31-44(48)52)56(6,7)8)53-45(33-58)36(32-57)22-27-49(53)60-46-26-21-35(40-16-12-11-13-18-50(40)61-9)20-25-41(46)43-30-37(55(3,4)5)23-28-47(43)60/h11-14,17-18,20-22,24,26-27,29-31H,10,15-16,19,23,25,28H2,1-9H3. The number of hydrogen-bond donors (Lipinski definition) is 0. The highest BCUT2D eigenvalue weighted by Crippen LogP contribution is 2.47. The molecule has 0 saturated carbocycles. The van der Waals surface area contributed by atoms with Crippen LogP contribution in [0, 0.1) is 35.0 Å². The highest BCUT2D eigenvalue weighted by atomic mass is 16.5. The molecule has 0 amide bonds. The first-order valence-corrected chi connectivity index (χ1v) is 22.2. The molecule has 4 aliphatic rings. The van der Waals surface area contributed by atoms with Gasteiger partial charge in [-0.15, -0.1) is 0 Å². The summed E-state index contributed by atoms with van der Waals surface area (Å²) >= 11 is 0. The van der Waals surface area contributed by atoms with Gasteiger partial charge in [0.15, 0.2) is 0 Å². The van der Waals surface area contributed by atoms with Gasteiger partial charge in [0.05, 0.1) is 40.8 Å². The molecule has 3 aromatic heterocycles. The van der Waals surface area contributed by atoms with E-state index in [-0.39, 0.29) is 10.8 Å². The summed E-state index contributed by atoms with van der Waals surface area (Å²) in [6.07, 6.45) is 28.0. The molecule has 9 rings (SSSR count). The van der Waals surface area contributed by atoms with Gasteiger partial charge in [-0.1, -0.05) is 109 Å². The molecule has 0 atom stereocenters. The topological polar surface area (TPSA) is 79.8 Å². The number of nitrogens with zero attached hydrogens (tertiary/aromatic N) is 4. The Balaban J connectivity index is 1.37. The van der Waals surface area contributed by atoms with Gasteiger partial charge in [0.25, 0.3) is 0 Å². The molecule has 0 radical (unpaired) electrons. The van der Waals surface area contributed by atoms with E-state index in [1.807, 2.05) is 18.2 Å². The van der Waals surface area contributed by atoms with Crippen molar-refractivity contribution in [2.75, 3.05) is 7.11 Å². The van der Waals surface area contributed by atoms with Gasteiger partial charge in [0.1, 0.15) is 29.4 Å². The minimum Gasteiger partial charge on any atom is -0.496 e. The van der Waals surface area contributed by atoms with Crippen LogP contribution >= 0.6 is 0 Å². The first kappa shape index (κ1) is 40.9. The van der Waals surface area contributed by atoms with E-state index in [2.05, 4.69) is 150 Å². The Hall–Kier alpha value is -6.50. The Morgan fingerprint density at radius 2 is 1.66 bits per heavy atom. The van der Waals surface area contributed by atoms with Crippen LogP contribution in [0.1, 0.15) is 130 Å². The normalized spacial score (nSPS) is 16.0. The Morgan fingerprint density at radius 3 is 2.39 bits per heavy atom. The number of nitriles is 2. The molecule has 0 aliphatic heterocycles. The molecule has 0 bridgehead atoms. The van der Waals surface area contributed by atoms with Crippen LogP contribution in [0.3, 0.4) is 0 Å². The lowest BCUT2D eigenvalue weighted by molar-refractivity contribution is 0.302. The third kappa shape index (κ3) is 6.60. The number of methoxy groups -OCH3 is 1. The van der Waals surface area contributed by atoms with E-state index >= 15 is 0 Å². The molecule has 0 saturated heterocycles. The van der Waals surface area contributed by atoms with Gasteiger partial charge in [-0.3, -0.25) is 0 Å². The van der Waals surface area contributed by atoms with Gasteiger partial charge in [0.2, 0.25) is 0 Å². The number of aromatic nitrogens is 2. The Morgan fingerprint density at radius 1 is 0.839 bits per heavy atom. The number of hydrogen-bond acceptors (Lipinski definition) is 4. The van der Waals surface area contributed by atoms with E-state index in [0.29, 0.717) is 16.8 Å². The second-order valence-corrected chi connectivity index (χ2v) is 19.1. The fourth-order valence-electron chi connectivity index (χ4n) is 10.1. The van der Waals surface area contributed by atoms with E-state index in [1.54, 1.807) is 7.11 Å². The largest absolute Gasteiger partial charge is 0.496 e. The van der Waals surface area contributed by atoms with E-state index in [1.165, 1.54) is 39.1 Å². The molecule has 0 N–H and O–H groups in total. The zero-order valence-electron chi connectivity index (χ0n) is 37.7. The Kier molecular flexibility index (Phi) is 10.2. The van der Waals surface area contributed by atoms with Crippen LogP contribution in [0.25, 0.3) is 51.8 Å². The summed E-state index contributed by atoms with van der Waals surface area (Å²) in [4.78, 5) is 0. The first-order chi connectivity index (χ1) is 29.8. The summed E-state index contributed by atoms with van der Waals surface area (Å²) in [5, 5.41) is 23.0. The number of ether oxygens (including phenoxy) is 1. The molecule has 3 heterocycles. The summed E-state index contributed by atoms with van der Waals surface area (Å²) in [7, 11) is 1.74. The SMILES string of the molecule is CCc1c(-c2c(C)n(-c3c(-n4c5c(c6c4CCC(C(C)(C)C)=C6)CC=C(C4=C(OC)C=CC=CC4)C=C5)ccc(C#N)c3C#N)c3ccc(C(C)(C)C)cc23)oc2c1C=CCC2. The number of aryl methyl sites for hydroxylation is 1. The van der Waals surface area contributed by atoms with Crippen LogP contribution < -0.4 is 0 Å². The van der Waals surface area contributed by atoms with Crippen molar-refractivity contribution in [2.45, 2.75) is 106 Å². The molecule has 0 unspecified atom stereocenters. The van der Waals surface area contributed by atoms with Gasteiger partial charge < -0.3 is 18.3 Å². The van der Waals surface area contributed by atoms with Crippen molar-refractivity contribution in [2.24, 2.45) is 5.41 Å². The summed E-state index contributed by atoms with van der Waals surface area (Å²) in [5.74, 6) is 2.80. The zero-order valence-corrected chi connectivity index (χ0v) is 37.7. The molecule has 4 aliphatic carbocycles. The number of furan rings is 1. The van der Waals surface area contributed by atoms with Crippen molar-refractivity contribution in [1.82, 2.24) is 9.13 Å². The quantitative estimate of drug-likeness (QED) is 0.171. The predicted octanol–water partition coefficient (Wildman–Crippen LogP) is 13.8. The van der Waals surface area contributed by atoms with Gasteiger partial charge in [-0.05, 0) is 115 Å². The van der Waals surface area contributed by atoms with E-state index in [0.717, 1.165) is 107 Å². The van der Waals surface area contributed by atoms with Gasteiger partial charge in [-0.2, -0.15) is 10.5 Å². The molecular weight excluding hydrogens is 761 g/mol. The minimum atomic E-state index is -0.103. The first-order valence-electron chi connectivity index (χ1n) is 22.2. The molecule has 312 valence electrons. The van der Waals surface area contributed by atoms with Crippen molar-refractivity contribution in [3.63, 3.8) is 0 Å². The number of fused-ring (bicyclic) bond motifs is 5. The van der Waals surface area contributed by atoms with Crippen LogP contribution in [-0.2, 0) is 35.8 Å². The van der Waals surface area contributed by atoms with Gasteiger partial charge >= 0.3 is 0 Å². The fraction of sp³-hybridized carbons (Fsp3) is 0.321. The van der Waals surface area contributed by atoms with Crippen molar-refractivity contribution in [3.8, 4) is 34.8 Å². The van der Waals surface area contributed by atoms with Crippen LogP contribution in [0.15, 0.2) is 99.8 Å². The molecule has 2 aromatic carbocycles. The average molecular weight is 817 g/mol. The third-order valence-corrected chi connectivity index (χ3v) is 13.5. The van der Waals surface area contributed by atoms with Crippen LogP contribution in [0.5, 0.6) is 0 Å². The zero-order chi connectivity index (χ0) is 43.7. The van der Waals surface area contributed by atoms with Crippen molar-refractivity contribution in [1.29, 1.82) is 10.5 Å². The predicted molar refractivity (Wildman–Crippen MR) is 253 cm³/mol. The molecule has 6 heteroatoms. The number of benzene rings is 2. The molecule has 5 aromatic rings. The van der Waals surface area contributed by atoms with Crippen LogP contribution in [0.2, 0.25) is 0 Å². The Labute approximate surface area is 366 Å². The van der Waals surface area contributed by atoms with Crippen molar-refractivity contribution >= 4 is 29.1 Å². The van der Waals surface area contributed by atoms with Gasteiger partial charge in [-0.25, -0.2) is 0 Å². The molecular formula is C56H56N4O2. The lowest BCUT2D eigenvalue weighted by Crippen LogP contribution is -2.16. The summed E-state index contributed by atoms with van der Waals surface area (Å²) in [6, 6.07) is 15.6. The van der Waals surface area contributed by atoms with Crippen LogP contribution in [-0.4, -0.2) is 16.2 Å². The molecule has 6 nitrogen and oxygen atoms in total. The van der Waals surface area contributed by atoms with E-state index in [4.69, 9.17) is 9.15 Å². The monoisotopic (exact) mass is 816 g/mol. The smallest absolute Gasteiger partial charge is 0.140 e. The maximum absolute atomic E-state index is 11.2. The molecule has 62 heavy (non-hydrogen) atoms. The van der Waals surface area contributed by atoms with E-state index < -0.39 is 0 Å². The van der Waals surface area contributed by atoms with E-state index in [9.17, 15) is 10.5 Å². The Bertz CT molecular complexity index is 3020. The highest BCUT2D eigenvalue weighted by molar-refractivity contribution is 6.00. The third-order valence-electron chi connectivity index (χ3n) is 13.5. The van der Waals surface area contributed by atoms with Crippen molar-refractivity contribution < 1.29 is 9.15 Å². The molecule has 0 fully saturated rings. The lowest BCUT2D eigenvalue weighted by atomic mass is 9.79. The number of rotatable bonds is 6. The average Bonchev–Trinajstić information content (AvgIpc) is 3.70. The van der Waals surface area contributed by atoms with Gasteiger partial charge in [0, 0.05) is 45.5 Å². The van der Waals surface area contributed by atoms with Crippen LogP contribution in [0.4, 0.5) is 0 Å². The highest BCUT2D eigenvalue weighted by Gasteiger charge is 2.33. The maximum atomic E-state index is 11.2. The number of allylic oxidation sites excluding steroid dienone is 10. The summed E-state index contributed by atoms with van der Waals surface area (Å²) < 4.78 is 17.5. The van der Waals surface area contributed by atoms with Crippen molar-refractivity contribution in [3.05, 3.63) is 157 Å². The molecule has 0 spiro atoms. The summed E-state index contributed by atoms with van der Waals surface area (Å²) in [5.41, 5.74) is 17.3. The second-order valence-electron chi connectivity index (χ2n) is 19.1. The lowest BCUT2D eigenvalue weighted by Gasteiger charge is -2.28. The second kappa shape index (κ2) is 15.4. The minimum absolute atomic E-state index is 0.0146. The summed E-state index contributed by atoms with van der Waals surface area (Å²) in [6.45, 7) is 18.0. The maximum Gasteiger partial charge on any atom is 0.140 e.